The van der Waals surface area contributed by atoms with Gasteiger partial charge in [-0.3, -0.25) is 4.79 Å². The molecule has 9 heteroatoms. The molecule has 1 atom stereocenters. The third kappa shape index (κ3) is 3.99. The van der Waals surface area contributed by atoms with Crippen LogP contribution in [0.1, 0.15) is 29.5 Å². The van der Waals surface area contributed by atoms with Gasteiger partial charge >= 0.3 is 5.97 Å². The number of carbonyl (C=O) groups excluding carboxylic acids is 2. The van der Waals surface area contributed by atoms with E-state index in [0.29, 0.717) is 29.9 Å². The maximum atomic E-state index is 12.5. The lowest BCUT2D eigenvalue weighted by molar-refractivity contribution is -0.136. The lowest BCUT2D eigenvalue weighted by atomic mass is 10.1. The van der Waals surface area contributed by atoms with Crippen LogP contribution in [0.4, 0.5) is 0 Å². The first kappa shape index (κ1) is 20.2. The van der Waals surface area contributed by atoms with E-state index < -0.39 is 28.3 Å². The largest absolute Gasteiger partial charge is 0.497 e. The van der Waals surface area contributed by atoms with Gasteiger partial charge < -0.3 is 18.8 Å². The molecule has 0 bridgehead atoms. The minimum absolute atomic E-state index is 0.0301. The maximum Gasteiger partial charge on any atom is 0.375 e. The van der Waals surface area contributed by atoms with Crippen molar-refractivity contribution in [2.24, 2.45) is 0 Å². The Kier molecular flexibility index (Phi) is 5.64. The molecule has 0 saturated carbocycles. The third-order valence-electron chi connectivity index (χ3n) is 4.97. The van der Waals surface area contributed by atoms with Gasteiger partial charge in [0.05, 0.1) is 18.6 Å². The average Bonchev–Trinajstić information content (AvgIpc) is 3.19. The number of benzene rings is 1. The second-order valence-electron chi connectivity index (χ2n) is 6.73. The number of methoxy groups -OCH3 is 1. The maximum absolute atomic E-state index is 12.5. The predicted molar refractivity (Wildman–Crippen MR) is 102 cm³/mol. The second-order valence-corrected chi connectivity index (χ2v) is 8.96. The number of ether oxygens (including phenoxy) is 2. The molecule has 1 aliphatic heterocycles. The fourth-order valence-electron chi connectivity index (χ4n) is 3.46. The van der Waals surface area contributed by atoms with Gasteiger partial charge in [-0.25, -0.2) is 13.2 Å². The van der Waals surface area contributed by atoms with Crippen LogP contribution in [0.3, 0.4) is 0 Å². The third-order valence-corrected chi connectivity index (χ3v) is 6.72. The molecule has 2 heterocycles. The topological polar surface area (TPSA) is 103 Å². The fraction of sp³-hybridized carbons (Fsp3) is 0.474. The second kappa shape index (κ2) is 7.83. The zero-order valence-electron chi connectivity index (χ0n) is 16.1. The van der Waals surface area contributed by atoms with Crippen LogP contribution in [-0.4, -0.2) is 63.0 Å². The molecular weight excluding hydrogens is 386 g/mol. The lowest BCUT2D eigenvalue weighted by Gasteiger charge is -2.26. The van der Waals surface area contributed by atoms with Gasteiger partial charge in [0.15, 0.2) is 16.4 Å². The van der Waals surface area contributed by atoms with Gasteiger partial charge in [0.1, 0.15) is 11.3 Å². The zero-order valence-corrected chi connectivity index (χ0v) is 16.9. The van der Waals surface area contributed by atoms with E-state index in [0.717, 1.165) is 5.39 Å². The van der Waals surface area contributed by atoms with E-state index in [1.807, 2.05) is 0 Å². The summed E-state index contributed by atoms with van der Waals surface area (Å²) in [5.74, 6) is -0.475. The van der Waals surface area contributed by atoms with Crippen molar-refractivity contribution in [2.75, 3.05) is 31.8 Å². The molecule has 0 spiro atoms. The Morgan fingerprint density at radius 3 is 2.68 bits per heavy atom. The van der Waals surface area contributed by atoms with Crippen molar-refractivity contribution in [3.05, 3.63) is 29.5 Å². The highest BCUT2D eigenvalue weighted by Crippen LogP contribution is 2.29. The lowest BCUT2D eigenvalue weighted by Crippen LogP contribution is -2.43. The minimum atomic E-state index is -3.11. The summed E-state index contributed by atoms with van der Waals surface area (Å²) in [6.07, 6.45) is 0.403. The summed E-state index contributed by atoms with van der Waals surface area (Å²) in [5, 5.41) is 0.726. The van der Waals surface area contributed by atoms with E-state index in [-0.39, 0.29) is 23.3 Å². The number of sulfone groups is 1. The van der Waals surface area contributed by atoms with E-state index in [4.69, 9.17) is 13.9 Å². The van der Waals surface area contributed by atoms with Crippen molar-refractivity contribution in [3.63, 3.8) is 0 Å². The molecule has 2 aromatic rings. The number of aryl methyl sites for hydroxylation is 1. The number of rotatable bonds is 6. The molecule has 0 radical (unpaired) electrons. The number of likely N-dealkylation sites (N-methyl/N-ethyl adjacent to an activating group) is 1. The Bertz CT molecular complexity index is 1010. The molecule has 0 aliphatic carbocycles. The highest BCUT2D eigenvalue weighted by atomic mass is 32.2. The number of fused-ring (bicyclic) bond motifs is 1. The van der Waals surface area contributed by atoms with Crippen LogP contribution >= 0.6 is 0 Å². The highest BCUT2D eigenvalue weighted by Gasteiger charge is 2.34. The Morgan fingerprint density at radius 2 is 2.07 bits per heavy atom. The molecule has 0 N–H and O–H groups in total. The van der Waals surface area contributed by atoms with Crippen LogP contribution in [0.25, 0.3) is 11.0 Å². The van der Waals surface area contributed by atoms with Crippen molar-refractivity contribution in [2.45, 2.75) is 26.3 Å². The van der Waals surface area contributed by atoms with Crippen molar-refractivity contribution >= 4 is 32.7 Å². The monoisotopic (exact) mass is 409 g/mol. The minimum Gasteiger partial charge on any atom is -0.497 e. The average molecular weight is 409 g/mol. The molecule has 1 aromatic carbocycles. The van der Waals surface area contributed by atoms with Crippen LogP contribution in [0.5, 0.6) is 5.75 Å². The molecule has 1 amide bonds. The summed E-state index contributed by atoms with van der Waals surface area (Å²) in [7, 11) is -1.56. The van der Waals surface area contributed by atoms with Gasteiger partial charge in [-0.05, 0) is 38.5 Å². The molecule has 3 rings (SSSR count). The fourth-order valence-corrected chi connectivity index (χ4v) is 5.19. The van der Waals surface area contributed by atoms with Crippen LogP contribution in [0.15, 0.2) is 22.6 Å². The van der Waals surface area contributed by atoms with Crippen molar-refractivity contribution in [1.82, 2.24) is 4.90 Å². The summed E-state index contributed by atoms with van der Waals surface area (Å²) in [6, 6.07) is 4.80. The number of furan rings is 1. The van der Waals surface area contributed by atoms with Gasteiger partial charge in [0.25, 0.3) is 5.91 Å². The normalized spacial score (nSPS) is 18.2. The summed E-state index contributed by atoms with van der Waals surface area (Å²) >= 11 is 0. The summed E-state index contributed by atoms with van der Waals surface area (Å²) < 4.78 is 39.2. The van der Waals surface area contributed by atoms with Gasteiger partial charge in [0.2, 0.25) is 5.76 Å². The van der Waals surface area contributed by atoms with E-state index in [1.165, 1.54) is 4.90 Å². The van der Waals surface area contributed by atoms with Crippen molar-refractivity contribution in [1.29, 1.82) is 0 Å². The summed E-state index contributed by atoms with van der Waals surface area (Å²) in [5.41, 5.74) is 1.11. The molecule has 1 aliphatic rings. The zero-order chi connectivity index (χ0) is 20.5. The first-order valence-corrected chi connectivity index (χ1v) is 10.8. The number of carbonyl (C=O) groups is 2. The Morgan fingerprint density at radius 1 is 1.32 bits per heavy atom. The molecular formula is C19H23NO7S. The number of hydrogen-bond donors (Lipinski definition) is 0. The number of esters is 1. The molecule has 1 aromatic heterocycles. The van der Waals surface area contributed by atoms with Gasteiger partial charge in [0, 0.05) is 23.5 Å². The Hall–Kier alpha value is -2.55. The Labute approximate surface area is 163 Å². The first-order valence-electron chi connectivity index (χ1n) is 9.00. The quantitative estimate of drug-likeness (QED) is 0.672. The molecule has 8 nitrogen and oxygen atoms in total. The summed E-state index contributed by atoms with van der Waals surface area (Å²) in [6.45, 7) is 3.37. The molecule has 152 valence electrons. The number of amides is 1. The van der Waals surface area contributed by atoms with Crippen LogP contribution < -0.4 is 4.74 Å². The summed E-state index contributed by atoms with van der Waals surface area (Å²) in [4.78, 5) is 26.3. The van der Waals surface area contributed by atoms with Crippen molar-refractivity contribution < 1.29 is 31.9 Å². The molecule has 28 heavy (non-hydrogen) atoms. The predicted octanol–water partition coefficient (Wildman–Crippen LogP) is 1.94. The van der Waals surface area contributed by atoms with E-state index >= 15 is 0 Å². The molecule has 0 unspecified atom stereocenters. The highest BCUT2D eigenvalue weighted by molar-refractivity contribution is 7.91. The smallest absolute Gasteiger partial charge is 0.375 e. The standard InChI is InChI=1S/C19H23NO7S/c1-4-20(13-7-8-28(23,24)11-13)17(21)10-26-19(22)18-12(2)15-9-14(25-3)5-6-16(15)27-18/h5-6,9,13H,4,7-8,10-11H2,1-3H3/t13-/m0/s1. The Balaban J connectivity index is 1.68. The van der Waals surface area contributed by atoms with Gasteiger partial charge in [-0.1, -0.05) is 0 Å². The SMILES string of the molecule is CCN(C(=O)COC(=O)c1oc2ccc(OC)cc2c1C)[C@H]1CCS(=O)(=O)C1. The van der Waals surface area contributed by atoms with E-state index in [1.54, 1.807) is 39.2 Å². The van der Waals surface area contributed by atoms with E-state index in [9.17, 15) is 18.0 Å². The van der Waals surface area contributed by atoms with Crippen molar-refractivity contribution in [3.8, 4) is 5.75 Å². The van der Waals surface area contributed by atoms with Gasteiger partial charge in [-0.15, -0.1) is 0 Å². The molecule has 1 saturated heterocycles. The van der Waals surface area contributed by atoms with Crippen LogP contribution in [-0.2, 0) is 19.4 Å². The van der Waals surface area contributed by atoms with E-state index in [2.05, 4.69) is 0 Å². The molecule has 1 fully saturated rings. The number of hydrogen-bond acceptors (Lipinski definition) is 7. The first-order chi connectivity index (χ1) is 13.3. The van der Waals surface area contributed by atoms with Gasteiger partial charge in [-0.2, -0.15) is 0 Å². The van der Waals surface area contributed by atoms with Crippen LogP contribution in [0.2, 0.25) is 0 Å². The van der Waals surface area contributed by atoms with Crippen LogP contribution in [0, 0.1) is 6.92 Å². The number of nitrogens with zero attached hydrogens (tertiary/aromatic N) is 1.